The molecule has 25 heavy (non-hydrogen) atoms. The highest BCUT2D eigenvalue weighted by molar-refractivity contribution is 5.97. The Hall–Kier alpha value is -3.47. The predicted molar refractivity (Wildman–Crippen MR) is 101 cm³/mol. The first-order valence-corrected chi connectivity index (χ1v) is 8.07. The average Bonchev–Trinajstić information content (AvgIpc) is 3.06. The fourth-order valence-corrected chi connectivity index (χ4v) is 2.71. The van der Waals surface area contributed by atoms with Crippen LogP contribution < -0.4 is 5.43 Å². The number of rotatable bonds is 4. The molecule has 4 rings (SSSR count). The van der Waals surface area contributed by atoms with Gasteiger partial charge in [0.1, 0.15) is 0 Å². The lowest BCUT2D eigenvalue weighted by molar-refractivity contribution is 1.06. The summed E-state index contributed by atoms with van der Waals surface area (Å²) in [6, 6.07) is 23.9. The molecule has 0 amide bonds. The Balaban J connectivity index is 1.77. The van der Waals surface area contributed by atoms with Crippen molar-refractivity contribution < 1.29 is 0 Å². The van der Waals surface area contributed by atoms with Gasteiger partial charge in [0.05, 0.1) is 22.4 Å². The van der Waals surface area contributed by atoms with E-state index in [0.717, 1.165) is 28.1 Å². The molecule has 4 aromatic rings. The Morgan fingerprint density at radius 2 is 1.68 bits per heavy atom. The van der Waals surface area contributed by atoms with E-state index in [-0.39, 0.29) is 0 Å². The van der Waals surface area contributed by atoms with Crippen molar-refractivity contribution in [1.29, 1.82) is 0 Å². The predicted octanol–water partition coefficient (Wildman–Crippen LogP) is 4.26. The van der Waals surface area contributed by atoms with Crippen molar-refractivity contribution in [3.8, 4) is 5.69 Å². The SMILES string of the molecule is CC(=NNc1nc2ccccc2n1-c1ccccc1)c1ccccn1. The third-order valence-corrected chi connectivity index (χ3v) is 3.93. The molecule has 0 aliphatic heterocycles. The van der Waals surface area contributed by atoms with Crippen molar-refractivity contribution in [3.05, 3.63) is 84.7 Å². The zero-order valence-electron chi connectivity index (χ0n) is 13.8. The molecule has 2 aromatic heterocycles. The van der Waals surface area contributed by atoms with Crippen LogP contribution in [-0.2, 0) is 0 Å². The summed E-state index contributed by atoms with van der Waals surface area (Å²) in [4.78, 5) is 9.00. The number of hydrogen-bond acceptors (Lipinski definition) is 4. The van der Waals surface area contributed by atoms with E-state index in [2.05, 4.69) is 43.3 Å². The van der Waals surface area contributed by atoms with Crippen molar-refractivity contribution in [2.45, 2.75) is 6.92 Å². The molecule has 1 N–H and O–H groups in total. The van der Waals surface area contributed by atoms with E-state index < -0.39 is 0 Å². The number of hydrogen-bond donors (Lipinski definition) is 1. The summed E-state index contributed by atoms with van der Waals surface area (Å²) in [6.45, 7) is 1.92. The maximum Gasteiger partial charge on any atom is 0.229 e. The number of aromatic nitrogens is 3. The van der Waals surface area contributed by atoms with Crippen LogP contribution in [0.15, 0.2) is 84.1 Å². The summed E-state index contributed by atoms with van der Waals surface area (Å²) >= 11 is 0. The monoisotopic (exact) mass is 327 g/mol. The van der Waals surface area contributed by atoms with Gasteiger partial charge in [-0.2, -0.15) is 5.10 Å². The van der Waals surface area contributed by atoms with Gasteiger partial charge in [-0.25, -0.2) is 10.4 Å². The highest BCUT2D eigenvalue weighted by Gasteiger charge is 2.11. The number of anilines is 1. The second-order valence-corrected chi connectivity index (χ2v) is 5.62. The molecule has 0 spiro atoms. The second kappa shape index (κ2) is 6.57. The summed E-state index contributed by atoms with van der Waals surface area (Å²) < 4.78 is 2.06. The first-order chi connectivity index (χ1) is 12.3. The largest absolute Gasteiger partial charge is 0.277 e. The normalized spacial score (nSPS) is 11.6. The molecule has 5 nitrogen and oxygen atoms in total. The van der Waals surface area contributed by atoms with Crippen LogP contribution in [0.5, 0.6) is 0 Å². The molecule has 5 heteroatoms. The molecule has 0 aliphatic carbocycles. The lowest BCUT2D eigenvalue weighted by atomic mass is 10.3. The summed E-state index contributed by atoms with van der Waals surface area (Å²) in [5.74, 6) is 0.669. The minimum absolute atomic E-state index is 0.669. The molecule has 0 bridgehead atoms. The maximum absolute atomic E-state index is 4.68. The van der Waals surface area contributed by atoms with Gasteiger partial charge in [0.15, 0.2) is 0 Å². The van der Waals surface area contributed by atoms with Crippen LogP contribution in [0.25, 0.3) is 16.7 Å². The van der Waals surface area contributed by atoms with Gasteiger partial charge >= 0.3 is 0 Å². The number of nitrogens with zero attached hydrogens (tertiary/aromatic N) is 4. The van der Waals surface area contributed by atoms with Gasteiger partial charge in [0, 0.05) is 11.9 Å². The average molecular weight is 327 g/mol. The second-order valence-electron chi connectivity index (χ2n) is 5.62. The number of fused-ring (bicyclic) bond motifs is 1. The van der Waals surface area contributed by atoms with E-state index in [0.29, 0.717) is 5.95 Å². The molecule has 0 fully saturated rings. The van der Waals surface area contributed by atoms with Crippen molar-refractivity contribution in [1.82, 2.24) is 14.5 Å². The Morgan fingerprint density at radius 1 is 0.920 bits per heavy atom. The molecule has 0 atom stereocenters. The number of hydrazone groups is 1. The molecule has 0 unspecified atom stereocenters. The van der Waals surface area contributed by atoms with E-state index in [1.165, 1.54) is 0 Å². The molecular formula is C20H17N5. The third kappa shape index (κ3) is 2.99. The quantitative estimate of drug-likeness (QED) is 0.450. The zero-order chi connectivity index (χ0) is 17.1. The fraction of sp³-hybridized carbons (Fsp3) is 0.0500. The van der Waals surface area contributed by atoms with E-state index in [1.807, 2.05) is 61.5 Å². The molecule has 0 radical (unpaired) electrons. The molecule has 0 saturated heterocycles. The van der Waals surface area contributed by atoms with Crippen LogP contribution in [0.3, 0.4) is 0 Å². The number of nitrogens with one attached hydrogen (secondary N) is 1. The highest BCUT2D eigenvalue weighted by Crippen LogP contribution is 2.24. The Labute approximate surface area is 145 Å². The minimum Gasteiger partial charge on any atom is -0.277 e. The minimum atomic E-state index is 0.669. The van der Waals surface area contributed by atoms with Gasteiger partial charge in [-0.3, -0.25) is 9.55 Å². The number of pyridine rings is 1. The summed E-state index contributed by atoms with van der Waals surface area (Å²) in [6.07, 6.45) is 1.76. The van der Waals surface area contributed by atoms with Crippen LogP contribution in [0.4, 0.5) is 5.95 Å². The van der Waals surface area contributed by atoms with Crippen LogP contribution in [-0.4, -0.2) is 20.2 Å². The summed E-state index contributed by atoms with van der Waals surface area (Å²) in [5.41, 5.74) is 7.71. The summed E-state index contributed by atoms with van der Waals surface area (Å²) in [7, 11) is 0. The summed E-state index contributed by atoms with van der Waals surface area (Å²) in [5, 5.41) is 4.47. The van der Waals surface area contributed by atoms with Gasteiger partial charge in [0.25, 0.3) is 0 Å². The topological polar surface area (TPSA) is 55.1 Å². The molecule has 0 saturated carbocycles. The van der Waals surface area contributed by atoms with E-state index in [4.69, 9.17) is 0 Å². The first kappa shape index (κ1) is 15.1. The Bertz CT molecular complexity index is 1020. The maximum atomic E-state index is 4.68. The number of para-hydroxylation sites is 3. The molecular weight excluding hydrogens is 310 g/mol. The van der Waals surface area contributed by atoms with Crippen LogP contribution in [0.1, 0.15) is 12.6 Å². The van der Waals surface area contributed by atoms with E-state index in [9.17, 15) is 0 Å². The van der Waals surface area contributed by atoms with E-state index >= 15 is 0 Å². The molecule has 2 heterocycles. The van der Waals surface area contributed by atoms with E-state index in [1.54, 1.807) is 6.20 Å². The van der Waals surface area contributed by atoms with Gasteiger partial charge in [-0.1, -0.05) is 36.4 Å². The number of imidazole rings is 1. The van der Waals surface area contributed by atoms with Gasteiger partial charge in [-0.05, 0) is 43.3 Å². The standard InChI is InChI=1S/C20H17N5/c1-15(17-11-7-8-14-21-17)23-24-20-22-18-12-5-6-13-19(18)25(20)16-9-3-2-4-10-16/h2-14H,1H3,(H,22,24). The van der Waals surface area contributed by atoms with Crippen LogP contribution in [0, 0.1) is 0 Å². The Kier molecular flexibility index (Phi) is 3.96. The molecule has 0 aliphatic rings. The van der Waals surface area contributed by atoms with Gasteiger partial charge in [-0.15, -0.1) is 0 Å². The van der Waals surface area contributed by atoms with Crippen LogP contribution in [0.2, 0.25) is 0 Å². The third-order valence-electron chi connectivity index (χ3n) is 3.93. The van der Waals surface area contributed by atoms with Crippen molar-refractivity contribution in [2.75, 3.05) is 5.43 Å². The lowest BCUT2D eigenvalue weighted by Crippen LogP contribution is -2.05. The van der Waals surface area contributed by atoms with Crippen LogP contribution >= 0.6 is 0 Å². The van der Waals surface area contributed by atoms with Gasteiger partial charge < -0.3 is 0 Å². The highest BCUT2D eigenvalue weighted by atomic mass is 15.4. The number of benzene rings is 2. The smallest absolute Gasteiger partial charge is 0.229 e. The van der Waals surface area contributed by atoms with Crippen molar-refractivity contribution >= 4 is 22.7 Å². The lowest BCUT2D eigenvalue weighted by Gasteiger charge is -2.09. The fourth-order valence-electron chi connectivity index (χ4n) is 2.71. The first-order valence-electron chi connectivity index (χ1n) is 8.07. The van der Waals surface area contributed by atoms with Crippen molar-refractivity contribution in [2.24, 2.45) is 5.10 Å². The zero-order valence-corrected chi connectivity index (χ0v) is 13.8. The van der Waals surface area contributed by atoms with Crippen molar-refractivity contribution in [3.63, 3.8) is 0 Å². The Morgan fingerprint density at radius 3 is 2.48 bits per heavy atom. The molecule has 2 aromatic carbocycles. The van der Waals surface area contributed by atoms with Gasteiger partial charge in [0.2, 0.25) is 5.95 Å². The molecule has 122 valence electrons.